The molecule has 0 aromatic carbocycles. The van der Waals surface area contributed by atoms with Gasteiger partial charge in [-0.3, -0.25) is 0 Å². The van der Waals surface area contributed by atoms with Gasteiger partial charge in [0.2, 0.25) is 0 Å². The molecule has 0 unspecified atom stereocenters. The van der Waals surface area contributed by atoms with Crippen molar-refractivity contribution in [2.75, 3.05) is 33.0 Å². The average molecular weight is 771 g/mol. The number of halogens is 11. The van der Waals surface area contributed by atoms with E-state index in [-0.39, 0.29) is 66.1 Å². The van der Waals surface area contributed by atoms with Gasteiger partial charge in [0.15, 0.2) is 6.67 Å². The van der Waals surface area contributed by atoms with Crippen molar-refractivity contribution in [2.45, 2.75) is 112 Å². The van der Waals surface area contributed by atoms with E-state index >= 15 is 0 Å². The van der Waals surface area contributed by atoms with Crippen molar-refractivity contribution in [1.82, 2.24) is 0 Å². The van der Waals surface area contributed by atoms with Gasteiger partial charge in [0.25, 0.3) is 11.8 Å². The Hall–Kier alpha value is 1.02. The predicted octanol–water partition coefficient (Wildman–Crippen LogP) is 2.03. The van der Waals surface area contributed by atoms with Crippen LogP contribution in [0.4, 0.5) is 48.3 Å². The zero-order valence-corrected chi connectivity index (χ0v) is 32.5. The number of primary sulfonamides is 1. The number of sulfonamides is 1. The number of ether oxygens (including phenoxy) is 2. The van der Waals surface area contributed by atoms with Crippen molar-refractivity contribution in [3.8, 4) is 0 Å². The molecule has 8 saturated carbocycles. The molecular formula is C29H43F11N2Na2O4S. The van der Waals surface area contributed by atoms with Gasteiger partial charge in [-0.15, -0.1) is 0 Å². The fourth-order valence-corrected chi connectivity index (χ4v) is 9.36. The molecular weight excluding hydrogens is 727 g/mol. The van der Waals surface area contributed by atoms with Crippen LogP contribution < -0.4 is 64.3 Å². The normalized spacial score (nSPS) is 34.6. The van der Waals surface area contributed by atoms with Crippen molar-refractivity contribution < 1.29 is 127 Å². The molecule has 0 aromatic heterocycles. The van der Waals surface area contributed by atoms with E-state index in [9.17, 15) is 56.7 Å². The van der Waals surface area contributed by atoms with Crippen LogP contribution in [-0.4, -0.2) is 76.1 Å². The minimum atomic E-state index is -5.34. The molecule has 0 aromatic rings. The summed E-state index contributed by atoms with van der Waals surface area (Å²) in [5.41, 5.74) is -6.11. The molecule has 49 heavy (non-hydrogen) atoms. The van der Waals surface area contributed by atoms with Crippen LogP contribution in [0.3, 0.4) is 0 Å². The molecule has 0 radical (unpaired) electrons. The van der Waals surface area contributed by atoms with Crippen molar-refractivity contribution in [2.24, 2.45) is 40.6 Å². The second kappa shape index (κ2) is 17.2. The SMILES string of the molecule is FC(F)(F)C[N-]CC(F)(F)COC12CC3CC(CC(C3)C1)C2.FCC(F)(F)COC12CC3CC(CC(C3)C1)C2.NS(=O)(=O)C(F)(F)F.[H-].[Na+].[Na+]. The molecule has 0 aliphatic heterocycles. The molecule has 0 spiro atoms. The third-order valence-electron chi connectivity index (χ3n) is 10.3. The predicted molar refractivity (Wildman–Crippen MR) is 149 cm³/mol. The topological polar surface area (TPSA) is 92.7 Å². The first-order valence-electron chi connectivity index (χ1n) is 15.8. The van der Waals surface area contributed by atoms with Gasteiger partial charge in [-0.1, -0.05) is 13.1 Å². The van der Waals surface area contributed by atoms with E-state index in [2.05, 4.69) is 10.5 Å². The maximum Gasteiger partial charge on any atom is 1.00 e. The quantitative estimate of drug-likeness (QED) is 0.272. The van der Waals surface area contributed by atoms with Crippen LogP contribution in [0.15, 0.2) is 0 Å². The van der Waals surface area contributed by atoms with Crippen LogP contribution in [0.1, 0.15) is 78.5 Å². The summed E-state index contributed by atoms with van der Waals surface area (Å²) >= 11 is 0. The van der Waals surface area contributed by atoms with E-state index < -0.39 is 72.1 Å². The molecule has 0 saturated heterocycles. The van der Waals surface area contributed by atoms with E-state index in [0.29, 0.717) is 35.5 Å². The summed E-state index contributed by atoms with van der Waals surface area (Å²) < 4.78 is 163. The van der Waals surface area contributed by atoms with Gasteiger partial charge in [0, 0.05) is 0 Å². The summed E-state index contributed by atoms with van der Waals surface area (Å²) in [5.74, 6) is -2.89. The maximum atomic E-state index is 13.7. The van der Waals surface area contributed by atoms with Gasteiger partial charge < -0.3 is 16.2 Å². The van der Waals surface area contributed by atoms with Gasteiger partial charge in [-0.2, -0.15) is 26.3 Å². The first kappa shape index (κ1) is 46.2. The molecule has 2 N–H and O–H groups in total. The van der Waals surface area contributed by atoms with Crippen LogP contribution in [-0.2, 0) is 19.5 Å². The largest absolute Gasteiger partial charge is 1.00 e. The fourth-order valence-electron chi connectivity index (χ4n) is 9.36. The van der Waals surface area contributed by atoms with Gasteiger partial charge in [-0.05, 0) is 113 Å². The van der Waals surface area contributed by atoms with Crippen LogP contribution in [0.25, 0.3) is 5.32 Å². The Kier molecular flexibility index (Phi) is 16.2. The molecule has 0 heterocycles. The van der Waals surface area contributed by atoms with E-state index in [4.69, 9.17) is 9.47 Å². The van der Waals surface area contributed by atoms with Crippen LogP contribution in [0, 0.1) is 35.5 Å². The molecule has 8 bridgehead atoms. The van der Waals surface area contributed by atoms with Crippen molar-refractivity contribution >= 4 is 10.0 Å². The third-order valence-corrected chi connectivity index (χ3v) is 10.9. The number of rotatable bonds is 10. The molecule has 20 heteroatoms. The van der Waals surface area contributed by atoms with Gasteiger partial charge in [-0.25, -0.2) is 35.5 Å². The summed E-state index contributed by atoms with van der Waals surface area (Å²) in [6, 6.07) is 0. The molecule has 8 aliphatic carbocycles. The summed E-state index contributed by atoms with van der Waals surface area (Å²) in [7, 11) is -5.34. The summed E-state index contributed by atoms with van der Waals surface area (Å²) in [6.07, 6.45) is 8.01. The summed E-state index contributed by atoms with van der Waals surface area (Å²) in [6.45, 7) is -5.83. The number of nitrogens with zero attached hydrogens (tertiary/aromatic N) is 1. The Balaban J connectivity index is 0.000000400. The maximum absolute atomic E-state index is 13.7. The number of alkyl halides is 11. The molecule has 8 fully saturated rings. The number of nitrogens with two attached hydrogens (primary N) is 1. The molecule has 8 aliphatic rings. The van der Waals surface area contributed by atoms with Gasteiger partial charge in [0.1, 0.15) is 13.2 Å². The smallest absolute Gasteiger partial charge is 1.00 e. The molecule has 278 valence electrons. The third kappa shape index (κ3) is 13.7. The number of hydrogen-bond donors (Lipinski definition) is 1. The second-order valence-electron chi connectivity index (χ2n) is 14.8. The zero-order chi connectivity index (χ0) is 35.1. The van der Waals surface area contributed by atoms with E-state index in [1.165, 1.54) is 38.5 Å². The minimum absolute atomic E-state index is 0. The first-order chi connectivity index (χ1) is 21.4. The number of hydrogen-bond acceptors (Lipinski definition) is 4. The fraction of sp³-hybridized carbons (Fsp3) is 1.00. The Bertz CT molecular complexity index is 1110. The van der Waals surface area contributed by atoms with E-state index in [1.807, 2.05) is 0 Å². The minimum Gasteiger partial charge on any atom is -1.00 e. The second-order valence-corrected chi connectivity index (χ2v) is 16.3. The van der Waals surface area contributed by atoms with Crippen molar-refractivity contribution in [3.63, 3.8) is 0 Å². The average Bonchev–Trinajstić information content (AvgIpc) is 2.89. The van der Waals surface area contributed by atoms with Crippen LogP contribution in [0.5, 0.6) is 0 Å². The first-order valence-corrected chi connectivity index (χ1v) is 17.3. The Morgan fingerprint density at radius 1 is 0.612 bits per heavy atom. The van der Waals surface area contributed by atoms with E-state index in [1.54, 1.807) is 0 Å². The molecule has 0 atom stereocenters. The Morgan fingerprint density at radius 3 is 1.14 bits per heavy atom. The van der Waals surface area contributed by atoms with Gasteiger partial charge in [0.05, 0.1) is 11.2 Å². The standard InChI is InChI=1S/C15H21F5NO.C13H19F3O.CH2F3NO2S.2Na.H/c16-14(17,7-21-8-15(18,19)20)9-22-13-4-10-1-11(5-13)3-12(2-10)6-13;14-7-13(15,16)8-17-12-4-9-1-10(5-12)3-11(2-9)6-12;2-1(3,4)8(5,6)7;;;/h10-12H,1-9H2;9-11H,1-8H2;(H2,5,6,7);;;/q-1;;;2*+1;-1. The van der Waals surface area contributed by atoms with Gasteiger partial charge >= 0.3 is 80.8 Å². The summed E-state index contributed by atoms with van der Waals surface area (Å²) in [5, 5.41) is 6.58. The Morgan fingerprint density at radius 2 is 0.898 bits per heavy atom. The monoisotopic (exact) mass is 770 g/mol. The molecule has 8 rings (SSSR count). The van der Waals surface area contributed by atoms with Crippen LogP contribution >= 0.6 is 0 Å². The van der Waals surface area contributed by atoms with E-state index in [0.717, 1.165) is 38.5 Å². The van der Waals surface area contributed by atoms with Crippen molar-refractivity contribution in [1.29, 1.82) is 0 Å². The molecule has 0 amide bonds. The Labute approximate surface area is 325 Å². The van der Waals surface area contributed by atoms with Crippen LogP contribution in [0.2, 0.25) is 0 Å². The zero-order valence-electron chi connectivity index (χ0n) is 28.7. The summed E-state index contributed by atoms with van der Waals surface area (Å²) in [4.78, 5) is 0. The van der Waals surface area contributed by atoms with Crippen molar-refractivity contribution in [3.05, 3.63) is 5.32 Å². The molecule has 6 nitrogen and oxygen atoms in total.